The molecule has 0 radical (unpaired) electrons. The van der Waals surface area contributed by atoms with Crippen molar-refractivity contribution in [1.82, 2.24) is 15.4 Å². The van der Waals surface area contributed by atoms with E-state index in [4.69, 9.17) is 0 Å². The molecular formula is C10H9N3O. The van der Waals surface area contributed by atoms with Crippen molar-refractivity contribution >= 4 is 6.29 Å². The molecule has 4 nitrogen and oxygen atoms in total. The number of hydrogen-bond acceptors (Lipinski definition) is 3. The summed E-state index contributed by atoms with van der Waals surface area (Å²) in [6.45, 7) is 0. The van der Waals surface area contributed by atoms with Crippen molar-refractivity contribution in [3.63, 3.8) is 0 Å². The molecule has 0 aliphatic carbocycles. The third-order valence-electron chi connectivity index (χ3n) is 1.94. The van der Waals surface area contributed by atoms with Gasteiger partial charge in [0, 0.05) is 12.0 Å². The van der Waals surface area contributed by atoms with E-state index in [-0.39, 0.29) is 0 Å². The minimum absolute atomic E-state index is 0.292. The summed E-state index contributed by atoms with van der Waals surface area (Å²) in [4.78, 5) is 10.4. The molecule has 0 saturated heterocycles. The average Bonchev–Trinajstić information content (AvgIpc) is 2.68. The van der Waals surface area contributed by atoms with Crippen molar-refractivity contribution in [3.05, 3.63) is 36.0 Å². The van der Waals surface area contributed by atoms with Gasteiger partial charge >= 0.3 is 0 Å². The molecular weight excluding hydrogens is 178 g/mol. The molecule has 2 aromatic rings. The van der Waals surface area contributed by atoms with Crippen LogP contribution in [0.15, 0.2) is 30.3 Å². The number of rotatable bonds is 3. The van der Waals surface area contributed by atoms with Crippen LogP contribution in [-0.2, 0) is 11.2 Å². The van der Waals surface area contributed by atoms with E-state index < -0.39 is 0 Å². The second-order valence-corrected chi connectivity index (χ2v) is 2.86. The van der Waals surface area contributed by atoms with E-state index in [1.54, 1.807) is 0 Å². The molecule has 0 bridgehead atoms. The molecule has 0 atom stereocenters. The van der Waals surface area contributed by atoms with Gasteiger partial charge in [0.2, 0.25) is 0 Å². The highest BCUT2D eigenvalue weighted by Crippen LogP contribution is 2.18. The fraction of sp³-hybridized carbons (Fsp3) is 0.100. The fourth-order valence-electron chi connectivity index (χ4n) is 1.30. The van der Waals surface area contributed by atoms with Gasteiger partial charge in [-0.25, -0.2) is 0 Å². The standard InChI is InChI=1S/C10H9N3O/c14-7-6-9-10(12-13-11-9)8-4-2-1-3-5-8/h1-5,7H,6H2,(H,11,12,13). The predicted molar refractivity (Wildman–Crippen MR) is 51.6 cm³/mol. The van der Waals surface area contributed by atoms with E-state index in [0.717, 1.165) is 17.5 Å². The Morgan fingerprint density at radius 2 is 2.00 bits per heavy atom. The number of aromatic nitrogens is 3. The highest BCUT2D eigenvalue weighted by molar-refractivity contribution is 5.65. The van der Waals surface area contributed by atoms with Gasteiger partial charge in [-0.1, -0.05) is 30.3 Å². The molecule has 14 heavy (non-hydrogen) atoms. The Morgan fingerprint density at radius 1 is 1.21 bits per heavy atom. The van der Waals surface area contributed by atoms with Crippen molar-refractivity contribution < 1.29 is 4.79 Å². The summed E-state index contributed by atoms with van der Waals surface area (Å²) in [6.07, 6.45) is 1.12. The van der Waals surface area contributed by atoms with Crippen molar-refractivity contribution in [3.8, 4) is 11.3 Å². The van der Waals surface area contributed by atoms with Gasteiger partial charge in [-0.2, -0.15) is 15.4 Å². The molecule has 2 rings (SSSR count). The van der Waals surface area contributed by atoms with Crippen molar-refractivity contribution in [2.75, 3.05) is 0 Å². The zero-order valence-electron chi connectivity index (χ0n) is 7.47. The van der Waals surface area contributed by atoms with E-state index >= 15 is 0 Å². The van der Waals surface area contributed by atoms with Crippen LogP contribution in [0, 0.1) is 0 Å². The molecule has 0 spiro atoms. The van der Waals surface area contributed by atoms with Gasteiger partial charge in [0.05, 0.1) is 5.69 Å². The second-order valence-electron chi connectivity index (χ2n) is 2.86. The number of carbonyl (C=O) groups excluding carboxylic acids is 1. The topological polar surface area (TPSA) is 58.6 Å². The Labute approximate surface area is 81.0 Å². The van der Waals surface area contributed by atoms with Crippen molar-refractivity contribution in [1.29, 1.82) is 0 Å². The van der Waals surface area contributed by atoms with Crippen molar-refractivity contribution in [2.45, 2.75) is 6.42 Å². The molecule has 0 amide bonds. The minimum atomic E-state index is 0.292. The molecule has 0 fully saturated rings. The maximum atomic E-state index is 10.4. The van der Waals surface area contributed by atoms with Gasteiger partial charge in [0.15, 0.2) is 0 Å². The van der Waals surface area contributed by atoms with Crippen LogP contribution in [0.3, 0.4) is 0 Å². The Bertz CT molecular complexity index is 422. The maximum absolute atomic E-state index is 10.4. The molecule has 0 unspecified atom stereocenters. The summed E-state index contributed by atoms with van der Waals surface area (Å²) in [5.41, 5.74) is 2.40. The quantitative estimate of drug-likeness (QED) is 0.735. The average molecular weight is 187 g/mol. The summed E-state index contributed by atoms with van der Waals surface area (Å²) in [5.74, 6) is 0. The van der Waals surface area contributed by atoms with Gasteiger partial charge < -0.3 is 4.79 Å². The first kappa shape index (κ1) is 8.62. The summed E-state index contributed by atoms with van der Waals surface area (Å²) in [5, 5.41) is 10.4. The maximum Gasteiger partial charge on any atom is 0.126 e. The molecule has 1 N–H and O–H groups in total. The number of aromatic amines is 1. The van der Waals surface area contributed by atoms with Crippen LogP contribution < -0.4 is 0 Å². The first-order chi connectivity index (χ1) is 6.92. The monoisotopic (exact) mass is 187 g/mol. The zero-order valence-corrected chi connectivity index (χ0v) is 7.47. The molecule has 70 valence electrons. The first-order valence-electron chi connectivity index (χ1n) is 4.30. The lowest BCUT2D eigenvalue weighted by atomic mass is 10.1. The first-order valence-corrected chi connectivity index (χ1v) is 4.30. The molecule has 1 aromatic carbocycles. The van der Waals surface area contributed by atoms with Gasteiger partial charge in [-0.15, -0.1) is 0 Å². The number of benzene rings is 1. The number of aldehydes is 1. The minimum Gasteiger partial charge on any atom is -0.303 e. The molecule has 0 saturated carbocycles. The summed E-state index contributed by atoms with van der Waals surface area (Å²) >= 11 is 0. The Morgan fingerprint density at radius 3 is 2.71 bits per heavy atom. The van der Waals surface area contributed by atoms with Gasteiger partial charge in [0.25, 0.3) is 0 Å². The lowest BCUT2D eigenvalue weighted by Gasteiger charge is -1.96. The van der Waals surface area contributed by atoms with Crippen molar-refractivity contribution in [2.24, 2.45) is 0 Å². The number of nitrogens with one attached hydrogen (secondary N) is 1. The van der Waals surface area contributed by atoms with Gasteiger partial charge in [-0.3, -0.25) is 0 Å². The van der Waals surface area contributed by atoms with Gasteiger partial charge in [0.1, 0.15) is 12.0 Å². The molecule has 1 heterocycles. The number of carbonyl (C=O) groups is 1. The van der Waals surface area contributed by atoms with Crippen LogP contribution in [0.25, 0.3) is 11.3 Å². The van der Waals surface area contributed by atoms with Crippen LogP contribution in [0.4, 0.5) is 0 Å². The molecule has 0 aliphatic heterocycles. The summed E-state index contributed by atoms with van der Waals surface area (Å²) in [6, 6.07) is 9.66. The van der Waals surface area contributed by atoms with E-state index in [2.05, 4.69) is 15.4 Å². The number of nitrogens with zero attached hydrogens (tertiary/aromatic N) is 2. The third kappa shape index (κ3) is 1.54. The van der Waals surface area contributed by atoms with Gasteiger partial charge in [-0.05, 0) is 0 Å². The van der Waals surface area contributed by atoms with E-state index in [0.29, 0.717) is 12.1 Å². The molecule has 0 aliphatic rings. The fourth-order valence-corrected chi connectivity index (χ4v) is 1.30. The van der Waals surface area contributed by atoms with E-state index in [9.17, 15) is 4.79 Å². The smallest absolute Gasteiger partial charge is 0.126 e. The van der Waals surface area contributed by atoms with Crippen LogP contribution in [-0.4, -0.2) is 21.7 Å². The van der Waals surface area contributed by atoms with Crippen LogP contribution in [0.1, 0.15) is 5.69 Å². The number of hydrogen-bond donors (Lipinski definition) is 1. The van der Waals surface area contributed by atoms with Crippen LogP contribution >= 0.6 is 0 Å². The molecule has 1 aromatic heterocycles. The van der Waals surface area contributed by atoms with E-state index in [1.165, 1.54) is 0 Å². The zero-order chi connectivity index (χ0) is 9.80. The Hall–Kier alpha value is -1.97. The largest absolute Gasteiger partial charge is 0.303 e. The highest BCUT2D eigenvalue weighted by Gasteiger charge is 2.08. The Kier molecular flexibility index (Phi) is 2.36. The summed E-state index contributed by atoms with van der Waals surface area (Å²) < 4.78 is 0. The van der Waals surface area contributed by atoms with E-state index in [1.807, 2.05) is 30.3 Å². The predicted octanol–water partition coefficient (Wildman–Crippen LogP) is 1.21. The second kappa shape index (κ2) is 3.83. The highest BCUT2D eigenvalue weighted by atomic mass is 16.1. The third-order valence-corrected chi connectivity index (χ3v) is 1.94. The SMILES string of the molecule is O=CCc1n[nH]nc1-c1ccccc1. The number of H-pyrrole nitrogens is 1. The normalized spacial score (nSPS) is 10.0. The lowest BCUT2D eigenvalue weighted by molar-refractivity contribution is -0.107. The summed E-state index contributed by atoms with van der Waals surface area (Å²) in [7, 11) is 0. The lowest BCUT2D eigenvalue weighted by Crippen LogP contribution is -1.89. The van der Waals surface area contributed by atoms with Crippen LogP contribution in [0.5, 0.6) is 0 Å². The van der Waals surface area contributed by atoms with Crippen LogP contribution in [0.2, 0.25) is 0 Å². The molecule has 4 heteroatoms. The Balaban J connectivity index is 2.41.